The number of rotatable bonds is 10. The zero-order chi connectivity index (χ0) is 13.3. The van der Waals surface area contributed by atoms with Crippen molar-refractivity contribution in [3.8, 4) is 0 Å². The average molecular weight is 270 g/mol. The third-order valence-corrected chi connectivity index (χ3v) is 2.82. The van der Waals surface area contributed by atoms with Gasteiger partial charge in [-0.15, -0.1) is 0 Å². The summed E-state index contributed by atoms with van der Waals surface area (Å²) >= 11 is 0. The predicted octanol–water partition coefficient (Wildman–Crippen LogP) is 0.124. The Morgan fingerprint density at radius 3 is 2.47 bits per heavy atom. The van der Waals surface area contributed by atoms with E-state index in [4.69, 9.17) is 18.5 Å². The molecule has 0 aliphatic heterocycles. The summed E-state index contributed by atoms with van der Waals surface area (Å²) in [5.41, 5.74) is 0. The van der Waals surface area contributed by atoms with Crippen molar-refractivity contribution >= 4 is 14.5 Å². The molecule has 0 amide bonds. The lowest BCUT2D eigenvalue weighted by atomic mass is 10.4. The fourth-order valence-corrected chi connectivity index (χ4v) is 1.64. The van der Waals surface area contributed by atoms with Gasteiger partial charge in [-0.3, -0.25) is 9.05 Å². The van der Waals surface area contributed by atoms with Gasteiger partial charge in [-0.05, 0) is 0 Å². The van der Waals surface area contributed by atoms with Crippen LogP contribution in [0.5, 0.6) is 0 Å². The van der Waals surface area contributed by atoms with Crippen LogP contribution in [0.25, 0.3) is 0 Å². The molecule has 0 aromatic carbocycles. The Morgan fingerprint density at radius 2 is 2.00 bits per heavy atom. The minimum absolute atomic E-state index is 0.0652. The maximum atomic E-state index is 11.4. The van der Waals surface area contributed by atoms with Crippen molar-refractivity contribution in [2.75, 3.05) is 47.6 Å². The first-order chi connectivity index (χ1) is 7.91. The Kier molecular flexibility index (Phi) is 8.59. The summed E-state index contributed by atoms with van der Waals surface area (Å²) in [6, 6.07) is 0. The normalized spacial score (nSPS) is 16.5. The van der Waals surface area contributed by atoms with E-state index in [1.807, 2.05) is 0 Å². The Hall–Kier alpha value is -0.300. The van der Waals surface area contributed by atoms with Gasteiger partial charge in [0.1, 0.15) is 26.5 Å². The minimum atomic E-state index is -4.03. The number of hydrogen-bond acceptors (Lipinski definition) is 5. The standard InChI is InChI=1S/C9H20NO6P/c1-10(2)5-6-15-17(11,12)16-8-9(14-4)7-13-3/h9H,1,5-8H2,2-4H3/p+1/t9-/m1/s1. The number of nitrogens with zero attached hydrogens (tertiary/aromatic N) is 1. The van der Waals surface area contributed by atoms with Crippen molar-refractivity contribution in [1.29, 1.82) is 0 Å². The van der Waals surface area contributed by atoms with E-state index in [0.29, 0.717) is 6.54 Å². The molecule has 0 heterocycles. The average Bonchev–Trinajstić information content (AvgIpc) is 2.23. The molecule has 0 saturated heterocycles. The molecule has 7 nitrogen and oxygen atoms in total. The van der Waals surface area contributed by atoms with Gasteiger partial charge >= 0.3 is 7.82 Å². The maximum absolute atomic E-state index is 11.4. The van der Waals surface area contributed by atoms with Crippen LogP contribution < -0.4 is 0 Å². The molecule has 0 bridgehead atoms. The highest BCUT2D eigenvalue weighted by atomic mass is 31.2. The second-order valence-electron chi connectivity index (χ2n) is 3.49. The van der Waals surface area contributed by atoms with Crippen LogP contribution in [-0.2, 0) is 23.1 Å². The highest BCUT2D eigenvalue weighted by Crippen LogP contribution is 2.43. The monoisotopic (exact) mass is 270 g/mol. The molecule has 0 spiro atoms. The smallest absolute Gasteiger partial charge is 0.382 e. The third-order valence-electron chi connectivity index (χ3n) is 1.84. The predicted molar refractivity (Wildman–Crippen MR) is 62.6 cm³/mol. The molecule has 102 valence electrons. The van der Waals surface area contributed by atoms with Crippen molar-refractivity contribution in [3.63, 3.8) is 0 Å². The molecular formula is C9H21NO6P+. The van der Waals surface area contributed by atoms with Crippen molar-refractivity contribution in [1.82, 2.24) is 0 Å². The minimum Gasteiger partial charge on any atom is -0.382 e. The van der Waals surface area contributed by atoms with Crippen LogP contribution in [0.1, 0.15) is 0 Å². The lowest BCUT2D eigenvalue weighted by Crippen LogP contribution is -2.23. The molecule has 0 aromatic heterocycles. The van der Waals surface area contributed by atoms with Crippen molar-refractivity contribution in [2.24, 2.45) is 0 Å². The Balaban J connectivity index is 3.90. The van der Waals surface area contributed by atoms with Crippen molar-refractivity contribution in [2.45, 2.75) is 6.10 Å². The van der Waals surface area contributed by atoms with Gasteiger partial charge in [0, 0.05) is 14.2 Å². The van der Waals surface area contributed by atoms with Crippen LogP contribution in [0.2, 0.25) is 0 Å². The summed E-state index contributed by atoms with van der Waals surface area (Å²) in [5.74, 6) is 0. The summed E-state index contributed by atoms with van der Waals surface area (Å²) in [6.07, 6.45) is -0.403. The Labute approximate surface area is 102 Å². The quantitative estimate of drug-likeness (QED) is 0.345. The first-order valence-electron chi connectivity index (χ1n) is 5.06. The van der Waals surface area contributed by atoms with E-state index < -0.39 is 13.9 Å². The van der Waals surface area contributed by atoms with Gasteiger partial charge in [0.15, 0.2) is 6.54 Å². The maximum Gasteiger partial charge on any atom is 0.472 e. The molecular weight excluding hydrogens is 249 g/mol. The van der Waals surface area contributed by atoms with Crippen LogP contribution in [0.4, 0.5) is 0 Å². The molecule has 0 fully saturated rings. The summed E-state index contributed by atoms with van der Waals surface area (Å²) < 4.78 is 32.3. The summed E-state index contributed by atoms with van der Waals surface area (Å²) in [6.45, 7) is 4.27. The fourth-order valence-electron chi connectivity index (χ4n) is 0.897. The molecule has 0 aliphatic rings. The second-order valence-corrected chi connectivity index (χ2v) is 4.94. The Morgan fingerprint density at radius 1 is 1.35 bits per heavy atom. The number of ether oxygens (including phenoxy) is 2. The van der Waals surface area contributed by atoms with Crippen LogP contribution in [-0.4, -0.2) is 69.9 Å². The van der Waals surface area contributed by atoms with Crippen LogP contribution in [0.15, 0.2) is 0 Å². The van der Waals surface area contributed by atoms with Crippen LogP contribution >= 0.6 is 7.82 Å². The van der Waals surface area contributed by atoms with E-state index in [1.165, 1.54) is 14.2 Å². The highest BCUT2D eigenvalue weighted by Gasteiger charge is 2.23. The molecule has 0 aliphatic carbocycles. The van der Waals surface area contributed by atoms with Gasteiger partial charge in [0.05, 0.1) is 13.2 Å². The van der Waals surface area contributed by atoms with E-state index >= 15 is 0 Å². The van der Waals surface area contributed by atoms with Gasteiger partial charge in [0.25, 0.3) is 0 Å². The zero-order valence-electron chi connectivity index (χ0n) is 10.5. The van der Waals surface area contributed by atoms with Crippen molar-refractivity contribution < 1.29 is 32.6 Å². The van der Waals surface area contributed by atoms with Gasteiger partial charge in [-0.2, -0.15) is 0 Å². The van der Waals surface area contributed by atoms with Gasteiger partial charge in [-0.1, -0.05) is 0 Å². The number of phosphoric acid groups is 1. The molecule has 0 saturated carbocycles. The first kappa shape index (κ1) is 16.7. The number of phosphoric ester groups is 1. The molecule has 0 radical (unpaired) electrons. The van der Waals surface area contributed by atoms with E-state index in [9.17, 15) is 9.46 Å². The van der Waals surface area contributed by atoms with E-state index in [-0.39, 0.29) is 19.8 Å². The van der Waals surface area contributed by atoms with E-state index in [2.05, 4.69) is 6.72 Å². The first-order valence-corrected chi connectivity index (χ1v) is 6.56. The Bertz CT molecular complexity index is 272. The second kappa shape index (κ2) is 8.74. The largest absolute Gasteiger partial charge is 0.472 e. The molecule has 0 aromatic rings. The zero-order valence-corrected chi connectivity index (χ0v) is 11.4. The van der Waals surface area contributed by atoms with Gasteiger partial charge < -0.3 is 14.4 Å². The molecule has 17 heavy (non-hydrogen) atoms. The van der Waals surface area contributed by atoms with Gasteiger partial charge in [-0.25, -0.2) is 9.14 Å². The third kappa shape index (κ3) is 9.41. The summed E-state index contributed by atoms with van der Waals surface area (Å²) in [5, 5.41) is 0. The molecule has 0 rings (SSSR count). The summed E-state index contributed by atoms with van der Waals surface area (Å²) in [4.78, 5) is 9.32. The highest BCUT2D eigenvalue weighted by molar-refractivity contribution is 7.47. The summed E-state index contributed by atoms with van der Waals surface area (Å²) in [7, 11) is 0.670. The van der Waals surface area contributed by atoms with Crippen LogP contribution in [0, 0.1) is 0 Å². The topological polar surface area (TPSA) is 77.2 Å². The number of methoxy groups -OCH3 is 2. The number of hydrogen-bond donors (Lipinski definition) is 1. The van der Waals surface area contributed by atoms with Gasteiger partial charge in [0.2, 0.25) is 0 Å². The fraction of sp³-hybridized carbons (Fsp3) is 0.889. The van der Waals surface area contributed by atoms with Crippen molar-refractivity contribution in [3.05, 3.63) is 0 Å². The van der Waals surface area contributed by atoms with Crippen LogP contribution in [0.3, 0.4) is 0 Å². The molecule has 8 heteroatoms. The lowest BCUT2D eigenvalue weighted by molar-refractivity contribution is -0.490. The molecule has 1 N–H and O–H groups in total. The van der Waals surface area contributed by atoms with E-state index in [0.717, 1.165) is 0 Å². The van der Waals surface area contributed by atoms with E-state index in [1.54, 1.807) is 11.6 Å². The molecule has 2 atom stereocenters. The SMILES string of the molecule is C=[N+](C)CCOP(=O)(O)OC[C@@H](COC)OC. The molecule has 1 unspecified atom stereocenters. The lowest BCUT2D eigenvalue weighted by Gasteiger charge is -2.16. The number of likely N-dealkylation sites (N-methyl/N-ethyl adjacent to an activating group) is 1.